The van der Waals surface area contributed by atoms with E-state index in [1.165, 1.54) is 6.33 Å². The van der Waals surface area contributed by atoms with Gasteiger partial charge in [-0.25, -0.2) is 9.66 Å². The summed E-state index contributed by atoms with van der Waals surface area (Å²) in [4.78, 5) is 3.56. The number of hydrogen-bond donors (Lipinski definition) is 1. The van der Waals surface area contributed by atoms with Crippen molar-refractivity contribution in [3.05, 3.63) is 17.7 Å². The number of rotatable bonds is 0. The summed E-state index contributed by atoms with van der Waals surface area (Å²) in [6.07, 6.45) is 1.22. The van der Waals surface area contributed by atoms with Crippen LogP contribution in [-0.2, 0) is 0 Å². The molecule has 0 atom stereocenters. The van der Waals surface area contributed by atoms with Gasteiger partial charge in [0, 0.05) is 0 Å². The number of nitrogens with zero attached hydrogens (tertiary/aromatic N) is 4. The zero-order chi connectivity index (χ0) is 7.56. The van der Waals surface area contributed by atoms with Gasteiger partial charge in [-0.2, -0.15) is 10.5 Å². The normalized spacial score (nSPS) is 8.20. The van der Waals surface area contributed by atoms with Gasteiger partial charge in [-0.1, -0.05) is 0 Å². The third-order valence-corrected chi connectivity index (χ3v) is 1.01. The quantitative estimate of drug-likeness (QED) is 0.475. The van der Waals surface area contributed by atoms with E-state index < -0.39 is 0 Å². The Morgan fingerprint density at radius 1 is 1.50 bits per heavy atom. The summed E-state index contributed by atoms with van der Waals surface area (Å²) in [6.45, 7) is 0. The fourth-order valence-corrected chi connectivity index (χ4v) is 0.554. The van der Waals surface area contributed by atoms with Gasteiger partial charge in [-0.15, -0.1) is 0 Å². The molecule has 0 saturated carbocycles. The molecule has 1 rings (SSSR count). The Morgan fingerprint density at radius 2 is 2.20 bits per heavy atom. The number of hydrogen-bond acceptors (Lipinski definition) is 4. The first-order chi connectivity index (χ1) is 4.79. The van der Waals surface area contributed by atoms with Crippen LogP contribution in [-0.4, -0.2) is 9.66 Å². The zero-order valence-electron chi connectivity index (χ0n) is 4.94. The van der Waals surface area contributed by atoms with Gasteiger partial charge in [-0.05, 0) is 0 Å². The van der Waals surface area contributed by atoms with E-state index >= 15 is 0 Å². The van der Waals surface area contributed by atoms with E-state index in [0.29, 0.717) is 0 Å². The van der Waals surface area contributed by atoms with Crippen molar-refractivity contribution in [1.29, 1.82) is 10.5 Å². The first kappa shape index (κ1) is 6.12. The van der Waals surface area contributed by atoms with E-state index in [1.54, 1.807) is 12.1 Å². The van der Waals surface area contributed by atoms with Gasteiger partial charge in [0.15, 0.2) is 11.4 Å². The molecule has 1 aromatic rings. The minimum atomic E-state index is 0.0602. The molecule has 1 aromatic heterocycles. The maximum Gasteiger partial charge on any atom is 0.178 e. The van der Waals surface area contributed by atoms with Crippen LogP contribution in [0, 0.1) is 22.7 Å². The smallest absolute Gasteiger partial charge is 0.178 e. The lowest BCUT2D eigenvalue weighted by atomic mass is 10.4. The molecule has 0 spiro atoms. The summed E-state index contributed by atoms with van der Waals surface area (Å²) >= 11 is 0. The van der Waals surface area contributed by atoms with Gasteiger partial charge >= 0.3 is 0 Å². The molecule has 0 aliphatic rings. The van der Waals surface area contributed by atoms with Crippen LogP contribution in [0.3, 0.4) is 0 Å². The van der Waals surface area contributed by atoms with Crippen molar-refractivity contribution in [1.82, 2.24) is 9.66 Å². The highest BCUT2D eigenvalue weighted by molar-refractivity contribution is 5.35. The van der Waals surface area contributed by atoms with E-state index in [-0.39, 0.29) is 11.4 Å². The second-order valence-corrected chi connectivity index (χ2v) is 1.57. The topological polar surface area (TPSA) is 91.4 Å². The molecule has 0 aliphatic heterocycles. The lowest BCUT2D eigenvalue weighted by Gasteiger charge is -1.87. The maximum absolute atomic E-state index is 8.38. The van der Waals surface area contributed by atoms with Crippen molar-refractivity contribution in [2.24, 2.45) is 0 Å². The van der Waals surface area contributed by atoms with Crippen molar-refractivity contribution < 1.29 is 0 Å². The first-order valence-electron chi connectivity index (χ1n) is 2.42. The van der Waals surface area contributed by atoms with Crippen LogP contribution in [0.2, 0.25) is 0 Å². The van der Waals surface area contributed by atoms with E-state index in [9.17, 15) is 0 Å². The van der Waals surface area contributed by atoms with Crippen molar-refractivity contribution in [3.8, 4) is 12.1 Å². The maximum atomic E-state index is 8.38. The Balaban J connectivity index is 3.34. The van der Waals surface area contributed by atoms with Gasteiger partial charge in [0.25, 0.3) is 0 Å². The largest absolute Gasteiger partial charge is 0.337 e. The highest BCUT2D eigenvalue weighted by Crippen LogP contribution is 1.99. The van der Waals surface area contributed by atoms with Crippen LogP contribution in [0.15, 0.2) is 6.33 Å². The third-order valence-electron chi connectivity index (χ3n) is 1.01. The van der Waals surface area contributed by atoms with Crippen LogP contribution in [0.25, 0.3) is 0 Å². The Hall–Kier alpha value is -2.01. The standard InChI is InChI=1S/C5H3N5/c6-1-4-5(2-7)10(8)3-9-4/h3H,8H2. The molecule has 0 fully saturated rings. The molecule has 0 aromatic carbocycles. The summed E-state index contributed by atoms with van der Waals surface area (Å²) < 4.78 is 1.01. The molecule has 0 unspecified atom stereocenters. The molecular formula is C5H3N5. The molecule has 5 heteroatoms. The number of imidazole rings is 1. The van der Waals surface area contributed by atoms with E-state index in [1.807, 2.05) is 0 Å². The van der Waals surface area contributed by atoms with Gasteiger partial charge in [0.05, 0.1) is 0 Å². The Bertz CT molecular complexity index is 323. The predicted octanol–water partition coefficient (Wildman–Crippen LogP) is -0.660. The number of nitrogens with two attached hydrogens (primary N) is 1. The predicted molar refractivity (Wildman–Crippen MR) is 31.8 cm³/mol. The van der Waals surface area contributed by atoms with Crippen LogP contribution in [0.1, 0.15) is 11.4 Å². The number of nitriles is 2. The van der Waals surface area contributed by atoms with Gasteiger partial charge < -0.3 is 5.84 Å². The molecular weight excluding hydrogens is 130 g/mol. The molecule has 5 nitrogen and oxygen atoms in total. The van der Waals surface area contributed by atoms with Crippen molar-refractivity contribution in [3.63, 3.8) is 0 Å². The van der Waals surface area contributed by atoms with E-state index in [4.69, 9.17) is 16.4 Å². The molecule has 0 saturated heterocycles. The molecule has 10 heavy (non-hydrogen) atoms. The highest BCUT2D eigenvalue weighted by atomic mass is 15.3. The van der Waals surface area contributed by atoms with Crippen molar-refractivity contribution >= 4 is 0 Å². The summed E-state index contributed by atoms with van der Waals surface area (Å²) in [5.41, 5.74) is 0.146. The van der Waals surface area contributed by atoms with Crippen molar-refractivity contribution in [2.75, 3.05) is 5.84 Å². The second-order valence-electron chi connectivity index (χ2n) is 1.57. The SMILES string of the molecule is N#Cc1ncn(N)c1C#N. The molecule has 2 N–H and O–H groups in total. The third kappa shape index (κ3) is 0.664. The summed E-state index contributed by atoms with van der Waals surface area (Å²) in [5.74, 6) is 5.21. The van der Waals surface area contributed by atoms with Crippen LogP contribution in [0.5, 0.6) is 0 Å². The number of nitrogen functional groups attached to an aromatic ring is 1. The van der Waals surface area contributed by atoms with Gasteiger partial charge in [0.1, 0.15) is 18.5 Å². The molecule has 48 valence electrons. The lowest BCUT2D eigenvalue weighted by molar-refractivity contribution is 0.979. The van der Waals surface area contributed by atoms with E-state index in [2.05, 4.69) is 4.98 Å². The first-order valence-corrected chi connectivity index (χ1v) is 2.42. The Kier molecular flexibility index (Phi) is 1.27. The fourth-order valence-electron chi connectivity index (χ4n) is 0.554. The lowest BCUT2D eigenvalue weighted by Crippen LogP contribution is -2.08. The van der Waals surface area contributed by atoms with Crippen LogP contribution in [0.4, 0.5) is 0 Å². The van der Waals surface area contributed by atoms with Gasteiger partial charge in [0.2, 0.25) is 0 Å². The minimum absolute atomic E-state index is 0.0602. The van der Waals surface area contributed by atoms with Crippen molar-refractivity contribution in [2.45, 2.75) is 0 Å². The fraction of sp³-hybridized carbons (Fsp3) is 0. The number of aromatic nitrogens is 2. The molecule has 0 aliphatic carbocycles. The average molecular weight is 133 g/mol. The Morgan fingerprint density at radius 3 is 2.60 bits per heavy atom. The summed E-state index contributed by atoms with van der Waals surface area (Å²) in [7, 11) is 0. The molecule has 0 radical (unpaired) electrons. The Labute approximate surface area is 56.9 Å². The summed E-state index contributed by atoms with van der Waals surface area (Å²) in [6, 6.07) is 3.48. The summed E-state index contributed by atoms with van der Waals surface area (Å²) in [5, 5.41) is 16.7. The van der Waals surface area contributed by atoms with Crippen LogP contribution >= 0.6 is 0 Å². The average Bonchev–Trinajstić information content (AvgIpc) is 2.30. The minimum Gasteiger partial charge on any atom is -0.337 e. The molecule has 0 bridgehead atoms. The highest BCUT2D eigenvalue weighted by Gasteiger charge is 2.05. The van der Waals surface area contributed by atoms with Crippen LogP contribution < -0.4 is 5.84 Å². The van der Waals surface area contributed by atoms with Gasteiger partial charge in [-0.3, -0.25) is 0 Å². The monoisotopic (exact) mass is 133 g/mol. The zero-order valence-corrected chi connectivity index (χ0v) is 4.94. The molecule has 1 heterocycles. The van der Waals surface area contributed by atoms with E-state index in [0.717, 1.165) is 4.68 Å². The molecule has 0 amide bonds. The second kappa shape index (κ2) is 2.08.